The Bertz CT molecular complexity index is 1190. The number of hydrogen-bond acceptors (Lipinski definition) is 4. The van der Waals surface area contributed by atoms with Crippen molar-refractivity contribution in [3.05, 3.63) is 65.7 Å². The Kier molecular flexibility index (Phi) is 7.42. The van der Waals surface area contributed by atoms with Crippen LogP contribution in [0.3, 0.4) is 0 Å². The van der Waals surface area contributed by atoms with Crippen LogP contribution in [0.5, 0.6) is 0 Å². The van der Waals surface area contributed by atoms with Crippen molar-refractivity contribution >= 4 is 21.9 Å². The monoisotopic (exact) mass is 524 g/mol. The predicted octanol–water partition coefficient (Wildman–Crippen LogP) is 4.22. The fourth-order valence-electron chi connectivity index (χ4n) is 5.05. The van der Waals surface area contributed by atoms with Crippen LogP contribution in [0, 0.1) is 11.8 Å². The smallest absolute Gasteiger partial charge is 0.416 e. The van der Waals surface area contributed by atoms with E-state index < -0.39 is 39.7 Å². The molecule has 0 spiro atoms. The Balaban J connectivity index is 1.38. The molecule has 36 heavy (non-hydrogen) atoms. The number of carboxylic acid groups (broad SMARTS) is 1. The molecule has 2 unspecified atom stereocenters. The lowest BCUT2D eigenvalue weighted by Gasteiger charge is -2.33. The van der Waals surface area contributed by atoms with Gasteiger partial charge >= 0.3 is 12.1 Å². The minimum absolute atomic E-state index is 0.128. The molecule has 2 aromatic carbocycles. The predicted molar refractivity (Wildman–Crippen MR) is 124 cm³/mol. The first-order valence-corrected chi connectivity index (χ1v) is 13.2. The molecule has 1 saturated heterocycles. The molecule has 2 aromatic rings. The second kappa shape index (κ2) is 10.2. The second-order valence-electron chi connectivity index (χ2n) is 9.38. The normalized spacial score (nSPS) is 25.0. The fourth-order valence-corrected chi connectivity index (χ4v) is 6.36. The van der Waals surface area contributed by atoms with Crippen molar-refractivity contribution in [1.29, 1.82) is 0 Å². The van der Waals surface area contributed by atoms with E-state index in [1.807, 2.05) is 30.3 Å². The standard InChI is InChI=1S/C25H27F3N2O5S/c26-25(27,28)19-8-12-21(13-9-19)36(34,35)29-20-10-6-17(7-11-20)23(31)30-15-18(24(32)33)14-22(30)16-4-2-1-3-5-16/h1-5,8-9,12-13,17-18,20,22,29H,6-7,10-11,14-15H2,(H,32,33). The summed E-state index contributed by atoms with van der Waals surface area (Å²) in [6.45, 7) is 0.133. The number of benzene rings is 2. The van der Waals surface area contributed by atoms with Crippen molar-refractivity contribution in [2.45, 2.75) is 55.3 Å². The molecular formula is C25H27F3N2O5S. The zero-order valence-corrected chi connectivity index (χ0v) is 20.1. The molecule has 2 aliphatic rings. The van der Waals surface area contributed by atoms with Crippen LogP contribution in [0.15, 0.2) is 59.5 Å². The van der Waals surface area contributed by atoms with Gasteiger partial charge in [-0.05, 0) is 61.9 Å². The highest BCUT2D eigenvalue weighted by molar-refractivity contribution is 7.89. The van der Waals surface area contributed by atoms with Gasteiger partial charge in [-0.1, -0.05) is 30.3 Å². The first-order chi connectivity index (χ1) is 17.0. The number of carboxylic acids is 1. The number of halogens is 3. The van der Waals surface area contributed by atoms with Gasteiger partial charge in [-0.15, -0.1) is 0 Å². The van der Waals surface area contributed by atoms with Gasteiger partial charge in [-0.25, -0.2) is 13.1 Å². The largest absolute Gasteiger partial charge is 0.481 e. The Morgan fingerprint density at radius 3 is 2.08 bits per heavy atom. The molecule has 0 aromatic heterocycles. The average molecular weight is 525 g/mol. The van der Waals surface area contributed by atoms with Crippen LogP contribution in [0.1, 0.15) is 49.3 Å². The van der Waals surface area contributed by atoms with E-state index in [4.69, 9.17) is 0 Å². The Labute approximate surface area is 207 Å². The molecule has 7 nitrogen and oxygen atoms in total. The summed E-state index contributed by atoms with van der Waals surface area (Å²) in [5.74, 6) is -2.06. The van der Waals surface area contributed by atoms with Crippen LogP contribution in [-0.2, 0) is 25.8 Å². The molecular weight excluding hydrogens is 497 g/mol. The number of hydrogen-bond donors (Lipinski definition) is 2. The number of nitrogens with one attached hydrogen (secondary N) is 1. The van der Waals surface area contributed by atoms with Crippen molar-refractivity contribution in [3.63, 3.8) is 0 Å². The third-order valence-corrected chi connectivity index (χ3v) is 8.54. The summed E-state index contributed by atoms with van der Waals surface area (Å²) < 4.78 is 66.1. The van der Waals surface area contributed by atoms with Gasteiger partial charge in [0.2, 0.25) is 15.9 Å². The number of carbonyl (C=O) groups excluding carboxylic acids is 1. The van der Waals surface area contributed by atoms with Crippen molar-refractivity contribution in [1.82, 2.24) is 9.62 Å². The molecule has 0 radical (unpaired) electrons. The summed E-state index contributed by atoms with van der Waals surface area (Å²) in [7, 11) is -4.02. The molecule has 1 saturated carbocycles. The van der Waals surface area contributed by atoms with Gasteiger partial charge in [0.1, 0.15) is 0 Å². The molecule has 11 heteroatoms. The topological polar surface area (TPSA) is 104 Å². The Hall–Kier alpha value is -2.92. The van der Waals surface area contributed by atoms with Gasteiger partial charge in [0, 0.05) is 18.5 Å². The van der Waals surface area contributed by atoms with Crippen molar-refractivity contribution in [2.24, 2.45) is 11.8 Å². The van der Waals surface area contributed by atoms with E-state index in [1.54, 1.807) is 4.90 Å². The van der Waals surface area contributed by atoms with Crippen LogP contribution in [0.25, 0.3) is 0 Å². The van der Waals surface area contributed by atoms with E-state index in [0.29, 0.717) is 32.1 Å². The van der Waals surface area contributed by atoms with Crippen molar-refractivity contribution in [2.75, 3.05) is 6.54 Å². The van der Waals surface area contributed by atoms with E-state index in [0.717, 1.165) is 29.8 Å². The minimum atomic E-state index is -4.56. The zero-order valence-electron chi connectivity index (χ0n) is 19.3. The van der Waals surface area contributed by atoms with Gasteiger partial charge in [0.15, 0.2) is 0 Å². The SMILES string of the molecule is O=C(O)C1CC(c2ccccc2)N(C(=O)C2CCC(NS(=O)(=O)c3ccc(C(F)(F)F)cc3)CC2)C1. The van der Waals surface area contributed by atoms with Crippen LogP contribution < -0.4 is 4.72 Å². The molecule has 1 amide bonds. The third-order valence-electron chi connectivity index (χ3n) is 7.01. The molecule has 2 N–H and O–H groups in total. The highest BCUT2D eigenvalue weighted by atomic mass is 32.2. The van der Waals surface area contributed by atoms with Gasteiger partial charge in [-0.3, -0.25) is 9.59 Å². The van der Waals surface area contributed by atoms with E-state index in [-0.39, 0.29) is 29.3 Å². The maximum atomic E-state index is 13.4. The van der Waals surface area contributed by atoms with E-state index >= 15 is 0 Å². The van der Waals surface area contributed by atoms with Crippen molar-refractivity contribution < 1.29 is 36.3 Å². The van der Waals surface area contributed by atoms with E-state index in [1.165, 1.54) is 0 Å². The number of aliphatic carboxylic acids is 1. The number of alkyl halides is 3. The van der Waals surface area contributed by atoms with Crippen molar-refractivity contribution in [3.8, 4) is 0 Å². The summed E-state index contributed by atoms with van der Waals surface area (Å²) in [5, 5.41) is 9.52. The summed E-state index contributed by atoms with van der Waals surface area (Å²) in [5.41, 5.74) is -0.0473. The molecule has 2 atom stereocenters. The lowest BCUT2D eigenvalue weighted by Crippen LogP contribution is -2.42. The number of sulfonamides is 1. The maximum Gasteiger partial charge on any atom is 0.416 e. The maximum absolute atomic E-state index is 13.4. The number of rotatable bonds is 6. The van der Waals surface area contributed by atoms with Gasteiger partial charge in [0.05, 0.1) is 22.4 Å². The van der Waals surface area contributed by atoms with Gasteiger partial charge in [-0.2, -0.15) is 13.2 Å². The van der Waals surface area contributed by atoms with Gasteiger partial charge < -0.3 is 10.0 Å². The number of carbonyl (C=O) groups is 2. The summed E-state index contributed by atoms with van der Waals surface area (Å²) in [6, 6.07) is 11.8. The second-order valence-corrected chi connectivity index (χ2v) is 11.1. The van der Waals surface area contributed by atoms with E-state index in [2.05, 4.69) is 4.72 Å². The van der Waals surface area contributed by atoms with Crippen LogP contribution >= 0.6 is 0 Å². The highest BCUT2D eigenvalue weighted by Crippen LogP contribution is 2.39. The van der Waals surface area contributed by atoms with Gasteiger partial charge in [0.25, 0.3) is 0 Å². The average Bonchev–Trinajstić information content (AvgIpc) is 3.30. The number of likely N-dealkylation sites (tertiary alicyclic amines) is 1. The fraction of sp³-hybridized carbons (Fsp3) is 0.440. The molecule has 1 aliphatic heterocycles. The molecule has 0 bridgehead atoms. The summed E-state index contributed by atoms with van der Waals surface area (Å²) in [4.78, 5) is 26.4. The summed E-state index contributed by atoms with van der Waals surface area (Å²) >= 11 is 0. The van der Waals surface area contributed by atoms with Crippen LogP contribution in [0.4, 0.5) is 13.2 Å². The Morgan fingerprint density at radius 2 is 1.53 bits per heavy atom. The van der Waals surface area contributed by atoms with Crippen LogP contribution in [0.2, 0.25) is 0 Å². The quantitative estimate of drug-likeness (QED) is 0.589. The molecule has 4 rings (SSSR count). The Morgan fingerprint density at radius 1 is 0.917 bits per heavy atom. The molecule has 2 fully saturated rings. The molecule has 1 heterocycles. The number of nitrogens with zero attached hydrogens (tertiary/aromatic N) is 1. The minimum Gasteiger partial charge on any atom is -0.481 e. The lowest BCUT2D eigenvalue weighted by atomic mass is 9.85. The van der Waals surface area contributed by atoms with Crippen LogP contribution in [-0.4, -0.2) is 42.9 Å². The molecule has 1 aliphatic carbocycles. The molecule has 194 valence electrons. The first kappa shape index (κ1) is 26.2. The number of amides is 1. The third kappa shape index (κ3) is 5.73. The zero-order chi connectivity index (χ0) is 26.1. The lowest BCUT2D eigenvalue weighted by molar-refractivity contribution is -0.142. The summed E-state index contributed by atoms with van der Waals surface area (Å²) in [6.07, 6.45) is -2.58. The highest BCUT2D eigenvalue weighted by Gasteiger charge is 2.42. The first-order valence-electron chi connectivity index (χ1n) is 11.7. The van der Waals surface area contributed by atoms with E-state index in [9.17, 15) is 36.3 Å².